The zero-order chi connectivity index (χ0) is 23.5. The normalized spacial score (nSPS) is 22.0. The van der Waals surface area contributed by atoms with E-state index in [-0.39, 0.29) is 34.1 Å². The Labute approximate surface area is 193 Å². The van der Waals surface area contributed by atoms with Gasteiger partial charge in [-0.1, -0.05) is 26.8 Å². The lowest BCUT2D eigenvalue weighted by Crippen LogP contribution is -2.11. The van der Waals surface area contributed by atoms with Gasteiger partial charge in [-0.3, -0.25) is 5.10 Å². The first kappa shape index (κ1) is 22.1. The molecule has 176 valence electrons. The van der Waals surface area contributed by atoms with Crippen molar-refractivity contribution in [2.75, 3.05) is 5.32 Å². The monoisotopic (exact) mass is 472 g/mol. The molecular formula is C24H29FN4O3S. The first-order valence-corrected chi connectivity index (χ1v) is 13.1. The van der Waals surface area contributed by atoms with Crippen LogP contribution in [0.3, 0.4) is 0 Å². The van der Waals surface area contributed by atoms with Crippen molar-refractivity contribution in [2.45, 2.75) is 75.7 Å². The van der Waals surface area contributed by atoms with Crippen LogP contribution in [0.25, 0.3) is 0 Å². The molecular weight excluding hydrogens is 443 g/mol. The lowest BCUT2D eigenvalue weighted by molar-refractivity contribution is 0.361. The van der Waals surface area contributed by atoms with E-state index in [9.17, 15) is 12.8 Å². The maximum atomic E-state index is 14.9. The van der Waals surface area contributed by atoms with Gasteiger partial charge in [-0.2, -0.15) is 5.10 Å². The Morgan fingerprint density at radius 1 is 1.18 bits per heavy atom. The summed E-state index contributed by atoms with van der Waals surface area (Å²) in [4.78, 5) is 4.71. The number of sulfone groups is 1. The number of H-pyrrole nitrogens is 1. The van der Waals surface area contributed by atoms with Gasteiger partial charge in [-0.05, 0) is 37.8 Å². The van der Waals surface area contributed by atoms with Crippen molar-refractivity contribution in [1.29, 1.82) is 0 Å². The van der Waals surface area contributed by atoms with Gasteiger partial charge in [0.05, 0.1) is 22.9 Å². The number of halogens is 1. The summed E-state index contributed by atoms with van der Waals surface area (Å²) in [6.45, 7) is 8.39. The molecule has 2 N–H and O–H groups in total. The number of hydrogen-bond acceptors (Lipinski definition) is 6. The van der Waals surface area contributed by atoms with Crippen molar-refractivity contribution in [1.82, 2.24) is 15.2 Å². The van der Waals surface area contributed by atoms with Crippen molar-refractivity contribution in [2.24, 2.45) is 0 Å². The van der Waals surface area contributed by atoms with Crippen LogP contribution < -0.4 is 5.32 Å². The Balaban J connectivity index is 1.29. The third kappa shape index (κ3) is 4.18. The van der Waals surface area contributed by atoms with Gasteiger partial charge in [-0.15, -0.1) is 0 Å². The average molecular weight is 473 g/mol. The highest BCUT2D eigenvalue weighted by molar-refractivity contribution is 7.90. The van der Waals surface area contributed by atoms with Gasteiger partial charge in [0.1, 0.15) is 5.76 Å². The molecule has 3 heterocycles. The molecule has 1 fully saturated rings. The van der Waals surface area contributed by atoms with E-state index < -0.39 is 15.7 Å². The Morgan fingerprint density at radius 3 is 2.67 bits per heavy atom. The number of rotatable bonds is 4. The molecule has 9 heteroatoms. The second-order valence-electron chi connectivity index (χ2n) is 10.4. The minimum atomic E-state index is -3.26. The number of oxazole rings is 1. The Bertz CT molecular complexity index is 1320. The molecule has 2 aromatic heterocycles. The number of nitrogens with one attached hydrogen (secondary N) is 2. The van der Waals surface area contributed by atoms with Gasteiger partial charge in [0.15, 0.2) is 27.4 Å². The number of nitrogens with zero attached hydrogens (tertiary/aromatic N) is 2. The van der Waals surface area contributed by atoms with Crippen LogP contribution in [0, 0.1) is 12.7 Å². The molecule has 0 spiro atoms. The highest BCUT2D eigenvalue weighted by Gasteiger charge is 2.34. The second-order valence-corrected chi connectivity index (χ2v) is 12.4. The Morgan fingerprint density at radius 2 is 1.94 bits per heavy atom. The van der Waals surface area contributed by atoms with Crippen LogP contribution in [0.4, 0.5) is 15.9 Å². The Hall–Kier alpha value is -2.68. The summed E-state index contributed by atoms with van der Waals surface area (Å²) in [6.07, 6.45) is 2.89. The zero-order valence-corrected chi connectivity index (χ0v) is 20.1. The molecule has 3 aromatic rings. The molecule has 2 aliphatic rings. The minimum absolute atomic E-state index is 0.0751. The van der Waals surface area contributed by atoms with Crippen LogP contribution in [-0.4, -0.2) is 23.6 Å². The van der Waals surface area contributed by atoms with E-state index in [1.807, 2.05) is 13.0 Å². The third-order valence-electron chi connectivity index (χ3n) is 6.66. The van der Waals surface area contributed by atoms with Gasteiger partial charge in [0.2, 0.25) is 0 Å². The number of aromatic nitrogens is 3. The molecule has 2 atom stereocenters. The molecule has 1 saturated carbocycles. The number of benzene rings is 1. The van der Waals surface area contributed by atoms with Crippen LogP contribution in [0.15, 0.2) is 22.6 Å². The standard InChI is InChI=1S/C24H29FN4O3S/c1-13-22(24(2,3)4)32-23(26-13)15-6-5-14(9-15)19-10-20(29-28-19)27-18-8-7-16-11-33(30,31)12-17(16)21(18)25/h7-8,10,14-15H,5-6,9,11-12H2,1-4H3,(H2,27,28,29). The smallest absolute Gasteiger partial charge is 0.197 e. The second kappa shape index (κ2) is 7.68. The molecule has 7 nitrogen and oxygen atoms in total. The summed E-state index contributed by atoms with van der Waals surface area (Å²) in [5.74, 6) is 1.94. The van der Waals surface area contributed by atoms with E-state index in [0.717, 1.165) is 42.3 Å². The van der Waals surface area contributed by atoms with Crippen molar-refractivity contribution in [3.05, 3.63) is 58.2 Å². The molecule has 0 bridgehead atoms. The Kier molecular flexibility index (Phi) is 5.15. The minimum Gasteiger partial charge on any atom is -0.445 e. The molecule has 0 radical (unpaired) electrons. The van der Waals surface area contributed by atoms with Gasteiger partial charge >= 0.3 is 0 Å². The fourth-order valence-corrected chi connectivity index (χ4v) is 6.68. The van der Waals surface area contributed by atoms with Crippen molar-refractivity contribution < 1.29 is 17.2 Å². The molecule has 5 rings (SSSR count). The van der Waals surface area contributed by atoms with Crippen molar-refractivity contribution in [3.8, 4) is 0 Å². The first-order valence-electron chi connectivity index (χ1n) is 11.3. The lowest BCUT2D eigenvalue weighted by atomic mass is 9.92. The number of aromatic amines is 1. The zero-order valence-electron chi connectivity index (χ0n) is 19.3. The van der Waals surface area contributed by atoms with Gasteiger partial charge < -0.3 is 9.73 Å². The first-order chi connectivity index (χ1) is 15.5. The summed E-state index contributed by atoms with van der Waals surface area (Å²) >= 11 is 0. The van der Waals surface area contributed by atoms with Crippen molar-refractivity contribution >= 4 is 21.3 Å². The lowest BCUT2D eigenvalue weighted by Gasteiger charge is -2.15. The highest BCUT2D eigenvalue weighted by atomic mass is 32.2. The van der Waals surface area contributed by atoms with E-state index in [1.165, 1.54) is 0 Å². The van der Waals surface area contributed by atoms with E-state index in [4.69, 9.17) is 9.40 Å². The number of hydrogen-bond donors (Lipinski definition) is 2. The summed E-state index contributed by atoms with van der Waals surface area (Å²) in [5.41, 5.74) is 2.90. The van der Waals surface area contributed by atoms with Gasteiger partial charge in [0, 0.05) is 34.6 Å². The predicted molar refractivity (Wildman–Crippen MR) is 124 cm³/mol. The van der Waals surface area contributed by atoms with Gasteiger partial charge in [-0.25, -0.2) is 17.8 Å². The molecule has 1 aromatic carbocycles. The molecule has 1 aliphatic heterocycles. The molecule has 0 saturated heterocycles. The molecule has 1 aliphatic carbocycles. The van der Waals surface area contributed by atoms with E-state index >= 15 is 0 Å². The fraction of sp³-hybridized carbons (Fsp3) is 0.500. The van der Waals surface area contributed by atoms with E-state index in [1.54, 1.807) is 12.1 Å². The number of aryl methyl sites for hydroxylation is 1. The molecule has 2 unspecified atom stereocenters. The van der Waals surface area contributed by atoms with Crippen LogP contribution in [0.1, 0.15) is 86.0 Å². The third-order valence-corrected chi connectivity index (χ3v) is 8.14. The maximum Gasteiger partial charge on any atom is 0.197 e. The van der Waals surface area contributed by atoms with Crippen LogP contribution in [0.2, 0.25) is 0 Å². The summed E-state index contributed by atoms with van der Waals surface area (Å²) in [5, 5.41) is 10.4. The molecule has 33 heavy (non-hydrogen) atoms. The average Bonchev–Trinajstić information content (AvgIpc) is 3.48. The summed E-state index contributed by atoms with van der Waals surface area (Å²) in [7, 11) is -3.26. The number of fused-ring (bicyclic) bond motifs is 1. The fourth-order valence-electron chi connectivity index (χ4n) is 5.08. The van der Waals surface area contributed by atoms with Crippen LogP contribution in [0.5, 0.6) is 0 Å². The maximum absolute atomic E-state index is 14.9. The summed E-state index contributed by atoms with van der Waals surface area (Å²) in [6, 6.07) is 5.15. The summed E-state index contributed by atoms with van der Waals surface area (Å²) < 4.78 is 44.7. The highest BCUT2D eigenvalue weighted by Crippen LogP contribution is 2.44. The SMILES string of the molecule is Cc1nc(C2CCC(c3cc(Nc4ccc5c(c4F)CS(=O)(=O)C5)n[nH]3)C2)oc1C(C)(C)C. The predicted octanol–water partition coefficient (Wildman–Crippen LogP) is 5.37. The topological polar surface area (TPSA) is 101 Å². The van der Waals surface area contributed by atoms with Crippen molar-refractivity contribution in [3.63, 3.8) is 0 Å². The quantitative estimate of drug-likeness (QED) is 0.530. The van der Waals surface area contributed by atoms with E-state index in [0.29, 0.717) is 17.3 Å². The van der Waals surface area contributed by atoms with Crippen LogP contribution >= 0.6 is 0 Å². The largest absolute Gasteiger partial charge is 0.445 e. The molecule has 0 amide bonds. The van der Waals surface area contributed by atoms with Crippen LogP contribution in [-0.2, 0) is 26.8 Å². The van der Waals surface area contributed by atoms with Gasteiger partial charge in [0.25, 0.3) is 0 Å². The number of anilines is 2. The van der Waals surface area contributed by atoms with E-state index in [2.05, 4.69) is 36.3 Å².